The van der Waals surface area contributed by atoms with E-state index in [2.05, 4.69) is 14.9 Å². The normalized spacial score (nSPS) is 10.9. The van der Waals surface area contributed by atoms with Crippen LogP contribution < -0.4 is 14.2 Å². The number of furan rings is 1. The molecule has 138 valence electrons. The van der Waals surface area contributed by atoms with Crippen molar-refractivity contribution in [3.05, 3.63) is 60.1 Å². The Hall–Kier alpha value is -2.93. The van der Waals surface area contributed by atoms with Gasteiger partial charge in [0.05, 0.1) is 40.7 Å². The molecule has 0 fully saturated rings. The number of nitrogens with one attached hydrogen (secondary N) is 1. The summed E-state index contributed by atoms with van der Waals surface area (Å²) < 4.78 is 21.8. The Morgan fingerprint density at radius 1 is 1.04 bits per heavy atom. The highest BCUT2D eigenvalue weighted by atomic mass is 16.5. The second kappa shape index (κ2) is 8.44. The number of hydrogen-bond acceptors (Lipinski definition) is 6. The summed E-state index contributed by atoms with van der Waals surface area (Å²) in [6, 6.07) is 7.77. The summed E-state index contributed by atoms with van der Waals surface area (Å²) in [4.78, 5) is 9.69. The van der Waals surface area contributed by atoms with Crippen molar-refractivity contribution in [3.63, 3.8) is 0 Å². The average Bonchev–Trinajstić information content (AvgIpc) is 3.35. The molecule has 0 bridgehead atoms. The van der Waals surface area contributed by atoms with Crippen molar-refractivity contribution in [3.8, 4) is 17.2 Å². The van der Waals surface area contributed by atoms with Crippen LogP contribution in [-0.4, -0.2) is 36.2 Å². The zero-order valence-corrected chi connectivity index (χ0v) is 15.2. The number of methoxy groups -OCH3 is 3. The number of nitrogens with zero attached hydrogens (tertiary/aromatic N) is 2. The van der Waals surface area contributed by atoms with E-state index in [1.54, 1.807) is 33.8 Å². The molecule has 7 heteroatoms. The molecule has 0 aliphatic heterocycles. The van der Waals surface area contributed by atoms with Gasteiger partial charge in [-0.1, -0.05) is 0 Å². The number of aromatic amines is 1. The molecule has 0 amide bonds. The largest absolute Gasteiger partial charge is 0.493 e. The Labute approximate surface area is 152 Å². The SMILES string of the molecule is COc1cc(CN(Cc2ncc[nH]2)Cc2ccco2)cc(OC)c1OC. The Kier molecular flexibility index (Phi) is 5.80. The molecule has 0 aliphatic carbocycles. The maximum Gasteiger partial charge on any atom is 0.203 e. The van der Waals surface area contributed by atoms with Gasteiger partial charge in [-0.05, 0) is 29.8 Å². The van der Waals surface area contributed by atoms with Crippen molar-refractivity contribution < 1.29 is 18.6 Å². The Morgan fingerprint density at radius 2 is 1.81 bits per heavy atom. The third-order valence-electron chi connectivity index (χ3n) is 4.02. The first-order chi connectivity index (χ1) is 12.7. The molecule has 0 spiro atoms. The standard InChI is InChI=1S/C19H23N3O4/c1-23-16-9-14(10-17(24-2)19(16)25-3)11-22(12-15-5-4-8-26-15)13-18-20-6-7-21-18/h4-10H,11-13H2,1-3H3,(H,20,21). The van der Waals surface area contributed by atoms with Crippen LogP contribution in [0.4, 0.5) is 0 Å². The molecule has 3 aromatic rings. The smallest absolute Gasteiger partial charge is 0.203 e. The first-order valence-electron chi connectivity index (χ1n) is 8.25. The van der Waals surface area contributed by atoms with Crippen molar-refractivity contribution in [1.29, 1.82) is 0 Å². The average molecular weight is 357 g/mol. The van der Waals surface area contributed by atoms with Crippen molar-refractivity contribution in [2.75, 3.05) is 21.3 Å². The molecule has 0 aliphatic rings. The van der Waals surface area contributed by atoms with Crippen molar-refractivity contribution >= 4 is 0 Å². The zero-order valence-electron chi connectivity index (χ0n) is 15.2. The lowest BCUT2D eigenvalue weighted by Crippen LogP contribution is -2.23. The lowest BCUT2D eigenvalue weighted by atomic mass is 10.1. The first-order valence-corrected chi connectivity index (χ1v) is 8.25. The van der Waals surface area contributed by atoms with E-state index >= 15 is 0 Å². The summed E-state index contributed by atoms with van der Waals surface area (Å²) in [5.74, 6) is 3.64. The highest BCUT2D eigenvalue weighted by Crippen LogP contribution is 2.38. The lowest BCUT2D eigenvalue weighted by Gasteiger charge is -2.21. The zero-order chi connectivity index (χ0) is 18.4. The topological polar surface area (TPSA) is 72.8 Å². The van der Waals surface area contributed by atoms with Crippen LogP contribution in [0.15, 0.2) is 47.3 Å². The Bertz CT molecular complexity index is 739. The van der Waals surface area contributed by atoms with Gasteiger partial charge in [-0.15, -0.1) is 0 Å². The summed E-state index contributed by atoms with van der Waals surface area (Å²) in [7, 11) is 4.83. The molecule has 0 saturated carbocycles. The van der Waals surface area contributed by atoms with Crippen LogP contribution in [0.5, 0.6) is 17.2 Å². The van der Waals surface area contributed by atoms with Gasteiger partial charge in [0.15, 0.2) is 11.5 Å². The number of hydrogen-bond donors (Lipinski definition) is 1. The molecule has 0 atom stereocenters. The van der Waals surface area contributed by atoms with Crippen LogP contribution >= 0.6 is 0 Å². The number of benzene rings is 1. The predicted octanol–water partition coefficient (Wildman–Crippen LogP) is 3.23. The first kappa shape index (κ1) is 17.9. The number of ether oxygens (including phenoxy) is 3. The van der Waals surface area contributed by atoms with E-state index in [1.807, 2.05) is 30.5 Å². The van der Waals surface area contributed by atoms with Gasteiger partial charge < -0.3 is 23.6 Å². The quantitative estimate of drug-likeness (QED) is 0.634. The molecule has 1 N–H and O–H groups in total. The van der Waals surface area contributed by atoms with Gasteiger partial charge in [-0.2, -0.15) is 0 Å². The van der Waals surface area contributed by atoms with E-state index in [0.29, 0.717) is 36.9 Å². The number of rotatable bonds is 9. The molecule has 7 nitrogen and oxygen atoms in total. The summed E-state index contributed by atoms with van der Waals surface area (Å²) in [5, 5.41) is 0. The van der Waals surface area contributed by atoms with Crippen molar-refractivity contribution in [2.45, 2.75) is 19.6 Å². The third kappa shape index (κ3) is 4.18. The van der Waals surface area contributed by atoms with Crippen LogP contribution in [-0.2, 0) is 19.6 Å². The Balaban J connectivity index is 1.85. The number of imidazole rings is 1. The fourth-order valence-corrected chi connectivity index (χ4v) is 2.87. The fraction of sp³-hybridized carbons (Fsp3) is 0.316. The van der Waals surface area contributed by atoms with Gasteiger partial charge in [0.2, 0.25) is 5.75 Å². The van der Waals surface area contributed by atoms with E-state index in [9.17, 15) is 0 Å². The molecule has 0 radical (unpaired) electrons. The molecule has 1 aromatic carbocycles. The van der Waals surface area contributed by atoms with Gasteiger partial charge in [-0.25, -0.2) is 4.98 Å². The second-order valence-electron chi connectivity index (χ2n) is 5.79. The summed E-state index contributed by atoms with van der Waals surface area (Å²) in [5.41, 5.74) is 1.04. The van der Waals surface area contributed by atoms with E-state index in [0.717, 1.165) is 17.1 Å². The molecular weight excluding hydrogens is 334 g/mol. The van der Waals surface area contributed by atoms with Gasteiger partial charge in [0, 0.05) is 18.9 Å². The van der Waals surface area contributed by atoms with Crippen molar-refractivity contribution in [1.82, 2.24) is 14.9 Å². The number of aromatic nitrogens is 2. The summed E-state index contributed by atoms with van der Waals surface area (Å²) >= 11 is 0. The van der Waals surface area contributed by atoms with Crippen LogP contribution in [0.3, 0.4) is 0 Å². The minimum absolute atomic E-state index is 0.586. The monoisotopic (exact) mass is 357 g/mol. The lowest BCUT2D eigenvalue weighted by molar-refractivity contribution is 0.221. The molecule has 0 unspecified atom stereocenters. The van der Waals surface area contributed by atoms with Crippen LogP contribution in [0.25, 0.3) is 0 Å². The molecular formula is C19H23N3O4. The van der Waals surface area contributed by atoms with Crippen molar-refractivity contribution in [2.24, 2.45) is 0 Å². The molecule has 26 heavy (non-hydrogen) atoms. The van der Waals surface area contributed by atoms with E-state index < -0.39 is 0 Å². The van der Waals surface area contributed by atoms with Gasteiger partial charge in [0.1, 0.15) is 11.6 Å². The summed E-state index contributed by atoms with van der Waals surface area (Å²) in [6.07, 6.45) is 5.25. The summed E-state index contributed by atoms with van der Waals surface area (Å²) in [6.45, 7) is 1.98. The Morgan fingerprint density at radius 3 is 2.35 bits per heavy atom. The molecule has 3 rings (SSSR count). The highest BCUT2D eigenvalue weighted by molar-refractivity contribution is 5.53. The minimum atomic E-state index is 0.586. The van der Waals surface area contributed by atoms with E-state index in [1.165, 1.54) is 0 Å². The van der Waals surface area contributed by atoms with E-state index in [4.69, 9.17) is 18.6 Å². The molecule has 2 heterocycles. The van der Waals surface area contributed by atoms with Gasteiger partial charge in [-0.3, -0.25) is 4.90 Å². The van der Waals surface area contributed by atoms with E-state index in [-0.39, 0.29) is 0 Å². The molecule has 2 aromatic heterocycles. The predicted molar refractivity (Wildman–Crippen MR) is 96.3 cm³/mol. The van der Waals surface area contributed by atoms with Crippen LogP contribution in [0.1, 0.15) is 17.1 Å². The minimum Gasteiger partial charge on any atom is -0.493 e. The van der Waals surface area contributed by atoms with Crippen LogP contribution in [0.2, 0.25) is 0 Å². The molecule has 0 saturated heterocycles. The highest BCUT2D eigenvalue weighted by Gasteiger charge is 2.16. The number of H-pyrrole nitrogens is 1. The second-order valence-corrected chi connectivity index (χ2v) is 5.79. The maximum atomic E-state index is 5.51. The van der Waals surface area contributed by atoms with Gasteiger partial charge in [0.25, 0.3) is 0 Å². The maximum absolute atomic E-state index is 5.51. The third-order valence-corrected chi connectivity index (χ3v) is 4.02. The van der Waals surface area contributed by atoms with Crippen LogP contribution in [0, 0.1) is 0 Å². The fourth-order valence-electron chi connectivity index (χ4n) is 2.87. The van der Waals surface area contributed by atoms with Gasteiger partial charge >= 0.3 is 0 Å².